The van der Waals surface area contributed by atoms with E-state index >= 15 is 0 Å². The topological polar surface area (TPSA) is 115 Å². The van der Waals surface area contributed by atoms with Crippen LogP contribution in [0, 0.1) is 25.7 Å². The average molecular weight is 451 g/mol. The summed E-state index contributed by atoms with van der Waals surface area (Å²) in [5.74, 6) is 1.28. The number of pyridine rings is 1. The third-order valence-electron chi connectivity index (χ3n) is 6.49. The molecule has 0 spiro atoms. The van der Waals surface area contributed by atoms with Gasteiger partial charge in [0.15, 0.2) is 0 Å². The van der Waals surface area contributed by atoms with E-state index in [0.29, 0.717) is 17.4 Å². The van der Waals surface area contributed by atoms with Crippen LogP contribution in [0.3, 0.4) is 0 Å². The summed E-state index contributed by atoms with van der Waals surface area (Å²) in [4.78, 5) is 30.6. The minimum absolute atomic E-state index is 0.0694. The molecule has 0 unspecified atom stereocenters. The molecule has 1 aliphatic carbocycles. The highest BCUT2D eigenvalue weighted by molar-refractivity contribution is 6.00. The van der Waals surface area contributed by atoms with E-state index in [4.69, 9.17) is 4.52 Å². The molecule has 33 heavy (non-hydrogen) atoms. The van der Waals surface area contributed by atoms with Gasteiger partial charge in [-0.25, -0.2) is 4.98 Å². The van der Waals surface area contributed by atoms with Crippen LogP contribution in [0.25, 0.3) is 11.1 Å². The van der Waals surface area contributed by atoms with Crippen molar-refractivity contribution in [2.24, 2.45) is 18.9 Å². The fraction of sp³-hybridized carbons (Fsp3) is 0.458. The zero-order valence-corrected chi connectivity index (χ0v) is 19.5. The molecule has 1 atom stereocenters. The van der Waals surface area contributed by atoms with Gasteiger partial charge in [-0.15, -0.1) is 0 Å². The third kappa shape index (κ3) is 4.97. The number of hydrogen-bond donors (Lipinski definition) is 2. The first-order chi connectivity index (χ1) is 15.8. The second kappa shape index (κ2) is 9.56. The van der Waals surface area contributed by atoms with Gasteiger partial charge < -0.3 is 15.2 Å². The monoisotopic (exact) mass is 450 g/mol. The number of nitrogens with zero attached hydrogens (tertiary/aromatic N) is 4. The van der Waals surface area contributed by atoms with Crippen molar-refractivity contribution < 1.29 is 14.1 Å². The van der Waals surface area contributed by atoms with Crippen LogP contribution in [-0.4, -0.2) is 37.8 Å². The van der Waals surface area contributed by atoms with Gasteiger partial charge in [0.05, 0.1) is 5.69 Å². The molecule has 2 N–H and O–H groups in total. The quantitative estimate of drug-likeness (QED) is 0.592. The summed E-state index contributed by atoms with van der Waals surface area (Å²) >= 11 is 0. The van der Waals surface area contributed by atoms with Gasteiger partial charge in [0.1, 0.15) is 23.3 Å². The molecule has 3 aromatic rings. The van der Waals surface area contributed by atoms with Crippen LogP contribution in [0.4, 0.5) is 5.82 Å². The van der Waals surface area contributed by atoms with Crippen LogP contribution in [0.5, 0.6) is 0 Å². The van der Waals surface area contributed by atoms with Crippen molar-refractivity contribution in [1.29, 1.82) is 0 Å². The maximum Gasteiger partial charge on any atom is 0.270 e. The first-order valence-corrected chi connectivity index (χ1v) is 11.3. The molecule has 9 heteroatoms. The van der Waals surface area contributed by atoms with Crippen molar-refractivity contribution in [2.75, 3.05) is 5.32 Å². The standard InChI is InChI=1S/C24H30N6O3/c1-14-5-7-17(8-6-14)22(28-23(31)19-11-12-26-30(19)4)24(32)27-20-10-9-18(13-25-20)21-15(2)29-33-16(21)3/h9-14,17,22H,5-8H2,1-4H3,(H,28,31)(H,25,27,32)/t14?,17?,22-/m0/s1. The first kappa shape index (κ1) is 22.7. The second-order valence-electron chi connectivity index (χ2n) is 8.93. The molecule has 0 aliphatic heterocycles. The SMILES string of the molecule is Cc1noc(C)c1-c1ccc(NC(=O)[C@@H](NC(=O)c2ccnn2C)C2CCC(C)CC2)nc1. The van der Waals surface area contributed by atoms with Crippen molar-refractivity contribution in [3.8, 4) is 11.1 Å². The number of aromatic nitrogens is 4. The molecule has 174 valence electrons. The molecule has 3 heterocycles. The number of anilines is 1. The maximum atomic E-state index is 13.3. The van der Waals surface area contributed by atoms with E-state index in [9.17, 15) is 9.59 Å². The Labute approximate surface area is 192 Å². The Hall–Kier alpha value is -3.49. The van der Waals surface area contributed by atoms with E-state index in [1.807, 2.05) is 19.9 Å². The van der Waals surface area contributed by atoms with Gasteiger partial charge in [-0.1, -0.05) is 24.9 Å². The Kier molecular flexibility index (Phi) is 6.57. The molecular formula is C24H30N6O3. The Bertz CT molecular complexity index is 1110. The van der Waals surface area contributed by atoms with Crippen molar-refractivity contribution >= 4 is 17.6 Å². The molecule has 0 radical (unpaired) electrons. The van der Waals surface area contributed by atoms with Crippen LogP contribution in [-0.2, 0) is 11.8 Å². The van der Waals surface area contributed by atoms with Gasteiger partial charge in [0.2, 0.25) is 5.91 Å². The highest BCUT2D eigenvalue weighted by Crippen LogP contribution is 2.31. The Balaban J connectivity index is 1.51. The van der Waals surface area contributed by atoms with Gasteiger partial charge in [-0.2, -0.15) is 5.10 Å². The number of carbonyl (C=O) groups is 2. The van der Waals surface area contributed by atoms with E-state index in [0.717, 1.165) is 48.3 Å². The van der Waals surface area contributed by atoms with Crippen LogP contribution in [0.15, 0.2) is 35.1 Å². The molecule has 1 aliphatic rings. The summed E-state index contributed by atoms with van der Waals surface area (Å²) in [6.07, 6.45) is 7.12. The number of carbonyl (C=O) groups excluding carboxylic acids is 2. The molecule has 9 nitrogen and oxygen atoms in total. The first-order valence-electron chi connectivity index (χ1n) is 11.3. The second-order valence-corrected chi connectivity index (χ2v) is 8.93. The lowest BCUT2D eigenvalue weighted by Gasteiger charge is -2.32. The summed E-state index contributed by atoms with van der Waals surface area (Å²) in [6, 6.07) is 4.62. The highest BCUT2D eigenvalue weighted by Gasteiger charge is 2.33. The zero-order valence-electron chi connectivity index (χ0n) is 19.5. The number of amides is 2. The number of hydrogen-bond acceptors (Lipinski definition) is 6. The van der Waals surface area contributed by atoms with Crippen LogP contribution in [0.2, 0.25) is 0 Å². The van der Waals surface area contributed by atoms with Gasteiger partial charge in [0.25, 0.3) is 5.91 Å². The lowest BCUT2D eigenvalue weighted by atomic mass is 9.79. The van der Waals surface area contributed by atoms with Gasteiger partial charge in [-0.3, -0.25) is 14.3 Å². The molecule has 3 aromatic heterocycles. The van der Waals surface area contributed by atoms with Crippen molar-refractivity contribution in [1.82, 2.24) is 25.2 Å². The molecule has 4 rings (SSSR count). The van der Waals surface area contributed by atoms with Crippen molar-refractivity contribution in [3.05, 3.63) is 47.7 Å². The molecule has 1 saturated carbocycles. The fourth-order valence-corrected chi connectivity index (χ4v) is 4.54. The van der Waals surface area contributed by atoms with Gasteiger partial charge in [-0.05, 0) is 56.7 Å². The van der Waals surface area contributed by atoms with Crippen LogP contribution in [0.1, 0.15) is 54.5 Å². The van der Waals surface area contributed by atoms with E-state index in [1.54, 1.807) is 31.6 Å². The van der Waals surface area contributed by atoms with E-state index in [-0.39, 0.29) is 17.7 Å². The molecule has 2 amide bonds. The molecule has 1 fully saturated rings. The lowest BCUT2D eigenvalue weighted by Crippen LogP contribution is -2.49. The average Bonchev–Trinajstić information content (AvgIpc) is 3.38. The summed E-state index contributed by atoms with van der Waals surface area (Å²) in [5.41, 5.74) is 2.97. The fourth-order valence-electron chi connectivity index (χ4n) is 4.54. The predicted octanol–water partition coefficient (Wildman–Crippen LogP) is 3.65. The van der Waals surface area contributed by atoms with Crippen molar-refractivity contribution in [2.45, 2.75) is 52.5 Å². The molecule has 0 aromatic carbocycles. The normalized spacial score (nSPS) is 19.2. The number of rotatable bonds is 6. The third-order valence-corrected chi connectivity index (χ3v) is 6.49. The maximum absolute atomic E-state index is 13.3. The van der Waals surface area contributed by atoms with Crippen LogP contribution < -0.4 is 10.6 Å². The minimum Gasteiger partial charge on any atom is -0.361 e. The summed E-state index contributed by atoms with van der Waals surface area (Å²) < 4.78 is 6.73. The van der Waals surface area contributed by atoms with E-state index in [1.165, 1.54) is 4.68 Å². The summed E-state index contributed by atoms with van der Waals surface area (Å²) in [5, 5.41) is 13.9. The Morgan fingerprint density at radius 3 is 2.48 bits per heavy atom. The predicted molar refractivity (Wildman–Crippen MR) is 123 cm³/mol. The summed E-state index contributed by atoms with van der Waals surface area (Å²) in [7, 11) is 1.71. The van der Waals surface area contributed by atoms with Crippen LogP contribution >= 0.6 is 0 Å². The van der Waals surface area contributed by atoms with Crippen molar-refractivity contribution in [3.63, 3.8) is 0 Å². The Morgan fingerprint density at radius 1 is 1.15 bits per heavy atom. The number of aryl methyl sites for hydroxylation is 3. The van der Waals surface area contributed by atoms with E-state index < -0.39 is 6.04 Å². The van der Waals surface area contributed by atoms with E-state index in [2.05, 4.69) is 32.8 Å². The molecular weight excluding hydrogens is 420 g/mol. The lowest BCUT2D eigenvalue weighted by molar-refractivity contribution is -0.119. The summed E-state index contributed by atoms with van der Waals surface area (Å²) in [6.45, 7) is 5.96. The van der Waals surface area contributed by atoms with Gasteiger partial charge >= 0.3 is 0 Å². The minimum atomic E-state index is -0.649. The molecule has 0 bridgehead atoms. The Morgan fingerprint density at radius 2 is 1.91 bits per heavy atom. The smallest absolute Gasteiger partial charge is 0.270 e. The highest BCUT2D eigenvalue weighted by atomic mass is 16.5. The largest absolute Gasteiger partial charge is 0.361 e. The zero-order chi connectivity index (χ0) is 23.5. The van der Waals surface area contributed by atoms with Gasteiger partial charge in [0, 0.05) is 30.6 Å². The molecule has 0 saturated heterocycles. The number of nitrogens with one attached hydrogen (secondary N) is 2.